The fourth-order valence-electron chi connectivity index (χ4n) is 5.45. The zero-order valence-electron chi connectivity index (χ0n) is 19.6. The summed E-state index contributed by atoms with van der Waals surface area (Å²) < 4.78 is 0. The van der Waals surface area contributed by atoms with E-state index in [2.05, 4.69) is 109 Å². The maximum absolute atomic E-state index is 9.08. The van der Waals surface area contributed by atoms with Gasteiger partial charge in [-0.15, -0.1) is 0 Å². The van der Waals surface area contributed by atoms with E-state index in [1.54, 1.807) is 0 Å². The van der Waals surface area contributed by atoms with E-state index in [0.717, 1.165) is 11.1 Å². The molecule has 1 nitrogen and oxygen atoms in total. The van der Waals surface area contributed by atoms with Crippen LogP contribution in [0.2, 0.25) is 0 Å². The highest BCUT2D eigenvalue weighted by Crippen LogP contribution is 2.39. The third-order valence-corrected chi connectivity index (χ3v) is 7.25. The molecule has 0 spiro atoms. The normalized spacial score (nSPS) is 11.3. The number of nitrogens with zero attached hydrogens (tertiary/aromatic N) is 1. The van der Waals surface area contributed by atoms with Crippen molar-refractivity contribution in [2.24, 2.45) is 0 Å². The van der Waals surface area contributed by atoms with E-state index >= 15 is 0 Å². The van der Waals surface area contributed by atoms with Crippen LogP contribution in [0.4, 0.5) is 0 Å². The second kappa shape index (κ2) is 8.08. The van der Waals surface area contributed by atoms with Crippen LogP contribution in [0, 0.1) is 11.3 Å². The van der Waals surface area contributed by atoms with Gasteiger partial charge in [0.1, 0.15) is 0 Å². The van der Waals surface area contributed by atoms with Crippen LogP contribution in [-0.4, -0.2) is 0 Å². The van der Waals surface area contributed by atoms with Gasteiger partial charge >= 0.3 is 0 Å². The van der Waals surface area contributed by atoms with E-state index in [-0.39, 0.29) is 0 Å². The predicted octanol–water partition coefficient (Wildman–Crippen LogP) is 9.51. The van der Waals surface area contributed by atoms with Gasteiger partial charge in [0.15, 0.2) is 0 Å². The summed E-state index contributed by atoms with van der Waals surface area (Å²) >= 11 is 0. The van der Waals surface area contributed by atoms with Crippen molar-refractivity contribution in [3.05, 3.63) is 133 Å². The van der Waals surface area contributed by atoms with Crippen LogP contribution < -0.4 is 0 Å². The molecule has 7 rings (SSSR count). The lowest BCUT2D eigenvalue weighted by molar-refractivity contribution is 1.48. The Morgan fingerprint density at radius 1 is 0.417 bits per heavy atom. The highest BCUT2D eigenvalue weighted by molar-refractivity contribution is 6.23. The molecule has 0 saturated carbocycles. The van der Waals surface area contributed by atoms with E-state index < -0.39 is 0 Å². The molecule has 0 heterocycles. The Hall–Kier alpha value is -4.93. The van der Waals surface area contributed by atoms with Gasteiger partial charge in [0.05, 0.1) is 11.6 Å². The van der Waals surface area contributed by atoms with Crippen LogP contribution in [0.1, 0.15) is 5.56 Å². The van der Waals surface area contributed by atoms with Crippen molar-refractivity contribution in [1.82, 2.24) is 0 Å². The summed E-state index contributed by atoms with van der Waals surface area (Å²) in [6.45, 7) is 0. The third-order valence-electron chi connectivity index (χ3n) is 7.25. The minimum atomic E-state index is 0.680. The van der Waals surface area contributed by atoms with Gasteiger partial charge in [-0.2, -0.15) is 5.26 Å². The third kappa shape index (κ3) is 3.24. The molecular weight excluding hydrogens is 434 g/mol. The minimum absolute atomic E-state index is 0.680. The topological polar surface area (TPSA) is 23.8 Å². The Labute approximate surface area is 209 Å². The quantitative estimate of drug-likeness (QED) is 0.238. The van der Waals surface area contributed by atoms with Gasteiger partial charge in [0, 0.05) is 0 Å². The second-order valence-electron chi connectivity index (χ2n) is 9.32. The molecule has 0 aromatic heterocycles. The fraction of sp³-hybridized carbons (Fsp3) is 0. The Kier molecular flexibility index (Phi) is 4.59. The van der Waals surface area contributed by atoms with Gasteiger partial charge in [-0.05, 0) is 95.7 Å². The van der Waals surface area contributed by atoms with Crippen LogP contribution in [0.3, 0.4) is 0 Å². The molecule has 1 heteroatoms. The molecule has 0 fully saturated rings. The smallest absolute Gasteiger partial charge is 0.0991 e. The zero-order chi connectivity index (χ0) is 24.1. The maximum Gasteiger partial charge on any atom is 0.0991 e. The number of nitriles is 1. The van der Waals surface area contributed by atoms with Crippen molar-refractivity contribution >= 4 is 43.1 Å². The summed E-state index contributed by atoms with van der Waals surface area (Å²) in [4.78, 5) is 0. The van der Waals surface area contributed by atoms with Crippen LogP contribution in [-0.2, 0) is 0 Å². The predicted molar refractivity (Wildman–Crippen MR) is 152 cm³/mol. The number of rotatable bonds is 2. The highest BCUT2D eigenvalue weighted by Gasteiger charge is 2.11. The van der Waals surface area contributed by atoms with Gasteiger partial charge in [-0.25, -0.2) is 0 Å². The van der Waals surface area contributed by atoms with Crippen molar-refractivity contribution in [1.29, 1.82) is 5.26 Å². The standard InChI is InChI=1S/C35H21N/c36-22-23-9-11-24(12-10-23)26-14-15-28-20-29(17-16-27(28)19-26)34-21-30-18-13-25-5-1-2-6-31(25)35(30)33-8-4-3-7-32(33)34/h1-21H. The Morgan fingerprint density at radius 3 is 1.78 bits per heavy atom. The lowest BCUT2D eigenvalue weighted by atomic mass is 9.90. The molecule has 0 radical (unpaired) electrons. The molecule has 36 heavy (non-hydrogen) atoms. The molecule has 0 aliphatic rings. The maximum atomic E-state index is 9.08. The summed E-state index contributed by atoms with van der Waals surface area (Å²) in [7, 11) is 0. The summed E-state index contributed by atoms with van der Waals surface area (Å²) in [6, 6.07) is 47.5. The summed E-state index contributed by atoms with van der Waals surface area (Å²) in [6.07, 6.45) is 0. The zero-order valence-corrected chi connectivity index (χ0v) is 19.6. The van der Waals surface area contributed by atoms with Crippen molar-refractivity contribution < 1.29 is 0 Å². The number of hydrogen-bond acceptors (Lipinski definition) is 1. The van der Waals surface area contributed by atoms with Gasteiger partial charge in [0.25, 0.3) is 0 Å². The van der Waals surface area contributed by atoms with E-state index in [1.807, 2.05) is 24.3 Å². The Bertz CT molecular complexity index is 1990. The van der Waals surface area contributed by atoms with E-state index in [1.165, 1.54) is 54.2 Å². The van der Waals surface area contributed by atoms with Gasteiger partial charge in [0.2, 0.25) is 0 Å². The van der Waals surface area contributed by atoms with E-state index in [4.69, 9.17) is 5.26 Å². The molecular formula is C35H21N. The van der Waals surface area contributed by atoms with Crippen molar-refractivity contribution in [3.8, 4) is 28.3 Å². The molecule has 0 aliphatic carbocycles. The van der Waals surface area contributed by atoms with Crippen LogP contribution in [0.25, 0.3) is 65.3 Å². The van der Waals surface area contributed by atoms with Gasteiger partial charge < -0.3 is 0 Å². The molecule has 0 N–H and O–H groups in total. The Morgan fingerprint density at radius 2 is 1.00 bits per heavy atom. The first-order valence-corrected chi connectivity index (χ1v) is 12.2. The average molecular weight is 456 g/mol. The lowest BCUT2D eigenvalue weighted by Crippen LogP contribution is -1.87. The van der Waals surface area contributed by atoms with Crippen molar-refractivity contribution in [2.75, 3.05) is 0 Å². The van der Waals surface area contributed by atoms with Crippen molar-refractivity contribution in [2.45, 2.75) is 0 Å². The number of benzene rings is 7. The molecule has 0 atom stereocenters. The summed E-state index contributed by atoms with van der Waals surface area (Å²) in [5.41, 5.74) is 5.43. The molecule has 0 bridgehead atoms. The van der Waals surface area contributed by atoms with Crippen molar-refractivity contribution in [3.63, 3.8) is 0 Å². The molecule has 0 unspecified atom stereocenters. The SMILES string of the molecule is N#Cc1ccc(-c2ccc3cc(-c4cc5ccc6ccccc6c5c5ccccc45)ccc3c2)cc1. The number of hydrogen-bond donors (Lipinski definition) is 0. The minimum Gasteiger partial charge on any atom is -0.192 e. The average Bonchev–Trinajstić information content (AvgIpc) is 2.96. The van der Waals surface area contributed by atoms with Crippen LogP contribution in [0.15, 0.2) is 127 Å². The first-order chi connectivity index (χ1) is 17.8. The highest BCUT2D eigenvalue weighted by atomic mass is 14.2. The van der Waals surface area contributed by atoms with E-state index in [9.17, 15) is 0 Å². The molecule has 7 aromatic rings. The lowest BCUT2D eigenvalue weighted by Gasteiger charge is -2.14. The first kappa shape index (κ1) is 20.4. The first-order valence-electron chi connectivity index (χ1n) is 12.2. The molecule has 166 valence electrons. The summed E-state index contributed by atoms with van der Waals surface area (Å²) in [5.74, 6) is 0. The van der Waals surface area contributed by atoms with Gasteiger partial charge in [-0.1, -0.05) is 97.1 Å². The second-order valence-corrected chi connectivity index (χ2v) is 9.32. The monoisotopic (exact) mass is 455 g/mol. The molecule has 0 amide bonds. The Balaban J connectivity index is 1.40. The van der Waals surface area contributed by atoms with Crippen LogP contribution in [0.5, 0.6) is 0 Å². The number of fused-ring (bicyclic) bond motifs is 6. The molecule has 0 aliphatic heterocycles. The molecule has 0 saturated heterocycles. The summed E-state index contributed by atoms with van der Waals surface area (Å²) in [5, 5.41) is 19.2. The largest absolute Gasteiger partial charge is 0.192 e. The van der Waals surface area contributed by atoms with Gasteiger partial charge in [-0.3, -0.25) is 0 Å². The van der Waals surface area contributed by atoms with Crippen LogP contribution >= 0.6 is 0 Å². The fourth-order valence-corrected chi connectivity index (χ4v) is 5.45. The molecule has 7 aromatic carbocycles. The van der Waals surface area contributed by atoms with E-state index in [0.29, 0.717) is 5.56 Å².